The molecular formula is C15H20N2O4. The molecule has 1 heterocycles. The molecule has 0 fully saturated rings. The molecule has 21 heavy (non-hydrogen) atoms. The van der Waals surface area contributed by atoms with Crippen molar-refractivity contribution < 1.29 is 19.8 Å². The molecule has 1 aliphatic heterocycles. The van der Waals surface area contributed by atoms with E-state index >= 15 is 0 Å². The van der Waals surface area contributed by atoms with Gasteiger partial charge in [0.2, 0.25) is 0 Å². The summed E-state index contributed by atoms with van der Waals surface area (Å²) in [4.78, 5) is 24.8. The normalized spacial score (nSPS) is 17.3. The molecule has 0 spiro atoms. The number of rotatable bonds is 3. The van der Waals surface area contributed by atoms with Gasteiger partial charge in [-0.05, 0) is 37.8 Å². The zero-order valence-corrected chi connectivity index (χ0v) is 12.0. The molecule has 1 atom stereocenters. The lowest BCUT2D eigenvalue weighted by molar-refractivity contribution is -0.155. The Hall–Kier alpha value is -2.08. The molecule has 6 heteroatoms. The van der Waals surface area contributed by atoms with Crippen molar-refractivity contribution in [3.05, 3.63) is 29.8 Å². The van der Waals surface area contributed by atoms with Gasteiger partial charge in [0.15, 0.2) is 5.60 Å². The highest BCUT2D eigenvalue weighted by Gasteiger charge is 2.31. The van der Waals surface area contributed by atoms with Crippen LogP contribution in [0.2, 0.25) is 0 Å². The van der Waals surface area contributed by atoms with Crippen molar-refractivity contribution in [2.75, 3.05) is 18.0 Å². The van der Waals surface area contributed by atoms with Gasteiger partial charge in [0, 0.05) is 12.2 Å². The molecule has 0 bridgehead atoms. The number of aliphatic carboxylic acids is 1. The number of aliphatic hydroxyl groups is 1. The Morgan fingerprint density at radius 1 is 1.33 bits per heavy atom. The molecule has 2 amide bonds. The van der Waals surface area contributed by atoms with Crippen molar-refractivity contribution >= 4 is 17.7 Å². The van der Waals surface area contributed by atoms with Gasteiger partial charge in [0.05, 0.1) is 6.54 Å². The minimum absolute atomic E-state index is 0.333. The van der Waals surface area contributed by atoms with Crippen LogP contribution >= 0.6 is 0 Å². The van der Waals surface area contributed by atoms with Gasteiger partial charge in [-0.3, -0.25) is 4.90 Å². The summed E-state index contributed by atoms with van der Waals surface area (Å²) in [5.74, 6) is -1.36. The maximum absolute atomic E-state index is 12.3. The summed E-state index contributed by atoms with van der Waals surface area (Å²) in [6.45, 7) is 1.41. The predicted molar refractivity (Wildman–Crippen MR) is 78.4 cm³/mol. The van der Waals surface area contributed by atoms with E-state index in [4.69, 9.17) is 5.11 Å². The van der Waals surface area contributed by atoms with Gasteiger partial charge in [-0.1, -0.05) is 18.2 Å². The Bertz CT molecular complexity index is 542. The first kappa shape index (κ1) is 15.3. The van der Waals surface area contributed by atoms with E-state index in [1.54, 1.807) is 4.90 Å². The van der Waals surface area contributed by atoms with E-state index in [0.717, 1.165) is 37.4 Å². The van der Waals surface area contributed by atoms with Gasteiger partial charge in [0.25, 0.3) is 0 Å². The number of para-hydroxylation sites is 1. The number of nitrogens with one attached hydrogen (secondary N) is 1. The Kier molecular flexibility index (Phi) is 4.47. The molecule has 114 valence electrons. The Balaban J connectivity index is 2.11. The van der Waals surface area contributed by atoms with Crippen LogP contribution in [0.25, 0.3) is 0 Å². The summed E-state index contributed by atoms with van der Waals surface area (Å²) in [5, 5.41) is 21.0. The molecule has 0 aliphatic carbocycles. The van der Waals surface area contributed by atoms with E-state index in [-0.39, 0.29) is 12.6 Å². The quantitative estimate of drug-likeness (QED) is 0.785. The van der Waals surface area contributed by atoms with Gasteiger partial charge in [-0.15, -0.1) is 0 Å². The predicted octanol–water partition coefficient (Wildman–Crippen LogP) is 1.37. The molecule has 2 rings (SSSR count). The number of amides is 2. The molecule has 1 unspecified atom stereocenters. The van der Waals surface area contributed by atoms with Gasteiger partial charge >= 0.3 is 12.0 Å². The van der Waals surface area contributed by atoms with Crippen molar-refractivity contribution in [2.24, 2.45) is 0 Å². The number of urea groups is 1. The molecule has 0 radical (unpaired) electrons. The summed E-state index contributed by atoms with van der Waals surface area (Å²) >= 11 is 0. The van der Waals surface area contributed by atoms with Crippen molar-refractivity contribution in [1.82, 2.24) is 5.32 Å². The number of aryl methyl sites for hydroxylation is 1. The fourth-order valence-corrected chi connectivity index (χ4v) is 2.32. The average molecular weight is 292 g/mol. The number of carboxylic acid groups (broad SMARTS) is 1. The summed E-state index contributed by atoms with van der Waals surface area (Å²) < 4.78 is 0. The molecule has 0 saturated carbocycles. The second kappa shape index (κ2) is 6.13. The lowest BCUT2D eigenvalue weighted by Crippen LogP contribution is -2.50. The molecule has 0 saturated heterocycles. The highest BCUT2D eigenvalue weighted by Crippen LogP contribution is 2.26. The largest absolute Gasteiger partial charge is 0.479 e. The molecular weight excluding hydrogens is 272 g/mol. The van der Waals surface area contributed by atoms with Crippen LogP contribution in [0.15, 0.2) is 24.3 Å². The van der Waals surface area contributed by atoms with E-state index < -0.39 is 11.6 Å². The van der Waals surface area contributed by atoms with Crippen LogP contribution in [0, 0.1) is 0 Å². The fourth-order valence-electron chi connectivity index (χ4n) is 2.32. The second-order valence-electron chi connectivity index (χ2n) is 5.48. The number of fused-ring (bicyclic) bond motifs is 1. The van der Waals surface area contributed by atoms with Gasteiger partial charge in [-0.25, -0.2) is 9.59 Å². The van der Waals surface area contributed by atoms with Gasteiger partial charge < -0.3 is 15.5 Å². The first-order valence-corrected chi connectivity index (χ1v) is 7.01. The van der Waals surface area contributed by atoms with E-state index in [0.29, 0.717) is 6.54 Å². The van der Waals surface area contributed by atoms with Crippen molar-refractivity contribution in [2.45, 2.75) is 31.8 Å². The molecule has 3 N–H and O–H groups in total. The van der Waals surface area contributed by atoms with E-state index in [1.807, 2.05) is 24.3 Å². The maximum atomic E-state index is 12.3. The standard InChI is InChI=1S/C15H20N2O4/c1-15(21,13(18)19)10-16-14(20)17-9-5-4-7-11-6-2-3-8-12(11)17/h2-3,6,8,21H,4-5,7,9-10H2,1H3,(H,16,20)(H,18,19). The van der Waals surface area contributed by atoms with E-state index in [1.165, 1.54) is 0 Å². The fraction of sp³-hybridized carbons (Fsp3) is 0.467. The zero-order chi connectivity index (χ0) is 15.5. The third-order valence-corrected chi connectivity index (χ3v) is 3.65. The first-order valence-electron chi connectivity index (χ1n) is 7.01. The summed E-state index contributed by atoms with van der Waals surface area (Å²) in [5.41, 5.74) is -0.0151. The van der Waals surface area contributed by atoms with Crippen LogP contribution in [0.1, 0.15) is 25.3 Å². The zero-order valence-electron chi connectivity index (χ0n) is 12.0. The third-order valence-electron chi connectivity index (χ3n) is 3.65. The van der Waals surface area contributed by atoms with Crippen LogP contribution in [0.5, 0.6) is 0 Å². The summed E-state index contributed by atoms with van der Waals surface area (Å²) in [6, 6.07) is 7.31. The monoisotopic (exact) mass is 292 g/mol. The second-order valence-corrected chi connectivity index (χ2v) is 5.48. The minimum atomic E-state index is -1.97. The molecule has 6 nitrogen and oxygen atoms in total. The van der Waals surface area contributed by atoms with Crippen LogP contribution < -0.4 is 10.2 Å². The number of nitrogens with zero attached hydrogens (tertiary/aromatic N) is 1. The Morgan fingerprint density at radius 2 is 2.05 bits per heavy atom. The smallest absolute Gasteiger partial charge is 0.337 e. The molecule has 1 aromatic rings. The summed E-state index contributed by atoms with van der Waals surface area (Å²) in [6.07, 6.45) is 2.82. The molecule has 1 aromatic carbocycles. The Labute approximate surface area is 123 Å². The number of hydrogen-bond acceptors (Lipinski definition) is 3. The number of carbonyl (C=O) groups excluding carboxylic acids is 1. The first-order chi connectivity index (χ1) is 9.92. The highest BCUT2D eigenvalue weighted by molar-refractivity contribution is 5.93. The van der Waals surface area contributed by atoms with Crippen LogP contribution in [-0.2, 0) is 11.2 Å². The summed E-state index contributed by atoms with van der Waals surface area (Å²) in [7, 11) is 0. The van der Waals surface area contributed by atoms with Crippen LogP contribution in [-0.4, -0.2) is 40.9 Å². The van der Waals surface area contributed by atoms with Crippen molar-refractivity contribution in [3.63, 3.8) is 0 Å². The lowest BCUT2D eigenvalue weighted by Gasteiger charge is -2.25. The van der Waals surface area contributed by atoms with Crippen molar-refractivity contribution in [3.8, 4) is 0 Å². The molecule has 0 aromatic heterocycles. The number of benzene rings is 1. The van der Waals surface area contributed by atoms with Crippen LogP contribution in [0.3, 0.4) is 0 Å². The van der Waals surface area contributed by atoms with E-state index in [2.05, 4.69) is 5.32 Å². The van der Waals surface area contributed by atoms with Gasteiger partial charge in [0.1, 0.15) is 0 Å². The van der Waals surface area contributed by atoms with Gasteiger partial charge in [-0.2, -0.15) is 0 Å². The highest BCUT2D eigenvalue weighted by atomic mass is 16.4. The van der Waals surface area contributed by atoms with E-state index in [9.17, 15) is 14.7 Å². The number of carbonyl (C=O) groups is 2. The number of anilines is 1. The minimum Gasteiger partial charge on any atom is -0.479 e. The molecule has 1 aliphatic rings. The number of carboxylic acids is 1. The average Bonchev–Trinajstić information content (AvgIpc) is 2.67. The van der Waals surface area contributed by atoms with Crippen LogP contribution in [0.4, 0.5) is 10.5 Å². The third kappa shape index (κ3) is 3.52. The maximum Gasteiger partial charge on any atom is 0.337 e. The SMILES string of the molecule is CC(O)(CNC(=O)N1CCCCc2ccccc21)C(=O)O. The topological polar surface area (TPSA) is 89.9 Å². The Morgan fingerprint density at radius 3 is 2.76 bits per heavy atom. The lowest BCUT2D eigenvalue weighted by atomic mass is 10.1. The number of hydrogen-bond donors (Lipinski definition) is 3. The van der Waals surface area contributed by atoms with Crippen molar-refractivity contribution in [1.29, 1.82) is 0 Å².